The Labute approximate surface area is 151 Å². The average molecular weight is 360 g/mol. The summed E-state index contributed by atoms with van der Waals surface area (Å²) in [5, 5.41) is 3.52. The lowest BCUT2D eigenvalue weighted by Crippen LogP contribution is -2.53. The molecule has 1 atom stereocenters. The second kappa shape index (κ2) is 7.90. The molecular weight excluding hydrogens is 336 g/mol. The topological polar surface area (TPSA) is 112 Å². The minimum atomic E-state index is -0.920. The van der Waals surface area contributed by atoms with E-state index >= 15 is 0 Å². The molecule has 140 valence electrons. The molecule has 2 rings (SSSR count). The summed E-state index contributed by atoms with van der Waals surface area (Å²) >= 11 is 0. The van der Waals surface area contributed by atoms with Crippen molar-refractivity contribution in [2.75, 3.05) is 0 Å². The Morgan fingerprint density at radius 3 is 2.50 bits per heavy atom. The number of carbonyl (C=O) groups excluding carboxylic acids is 3. The molecule has 0 bridgehead atoms. The number of nitrogens with one attached hydrogen (secondary N) is 4. The molecule has 1 aromatic heterocycles. The zero-order valence-corrected chi connectivity index (χ0v) is 15.3. The van der Waals surface area contributed by atoms with Crippen molar-refractivity contribution in [3.05, 3.63) is 36.0 Å². The minimum Gasteiger partial charge on any atom is -0.444 e. The van der Waals surface area contributed by atoms with Crippen LogP contribution >= 0.6 is 0 Å². The van der Waals surface area contributed by atoms with Crippen LogP contribution in [0.5, 0.6) is 0 Å². The highest BCUT2D eigenvalue weighted by atomic mass is 16.6. The number of ether oxygens (including phenoxy) is 1. The number of fused-ring (bicyclic) bond motifs is 1. The summed E-state index contributed by atoms with van der Waals surface area (Å²) in [5.41, 5.74) is 5.62. The Morgan fingerprint density at radius 1 is 1.15 bits per heavy atom. The first-order valence-electron chi connectivity index (χ1n) is 8.26. The number of hydrazine groups is 1. The fraction of sp³-hybridized carbons (Fsp3) is 0.389. The highest BCUT2D eigenvalue weighted by Crippen LogP contribution is 2.19. The summed E-state index contributed by atoms with van der Waals surface area (Å²) in [6.07, 6.45) is 1.31. The van der Waals surface area contributed by atoms with Crippen LogP contribution in [0.15, 0.2) is 30.5 Å². The predicted molar refractivity (Wildman–Crippen MR) is 97.1 cm³/mol. The van der Waals surface area contributed by atoms with E-state index in [0.29, 0.717) is 0 Å². The van der Waals surface area contributed by atoms with Crippen molar-refractivity contribution in [3.8, 4) is 0 Å². The van der Waals surface area contributed by atoms with Crippen molar-refractivity contribution in [2.24, 2.45) is 0 Å². The Bertz CT molecular complexity index is 807. The third kappa shape index (κ3) is 5.51. The first-order valence-corrected chi connectivity index (χ1v) is 8.26. The number of hydrogen-bond acceptors (Lipinski definition) is 4. The number of hydrogen-bond donors (Lipinski definition) is 4. The summed E-state index contributed by atoms with van der Waals surface area (Å²) in [6, 6.07) is 6.73. The van der Waals surface area contributed by atoms with Gasteiger partial charge in [0.2, 0.25) is 5.91 Å². The summed E-state index contributed by atoms with van der Waals surface area (Å²) in [5.74, 6) is -0.960. The maximum atomic E-state index is 12.4. The lowest BCUT2D eigenvalue weighted by molar-refractivity contribution is -0.129. The molecular formula is C18H24N4O4. The van der Waals surface area contributed by atoms with Gasteiger partial charge in [-0.25, -0.2) is 4.79 Å². The normalized spacial score (nSPS) is 12.3. The molecule has 0 saturated carbocycles. The number of aromatic amines is 1. The Hall–Kier alpha value is -3.03. The number of aromatic nitrogens is 1. The Morgan fingerprint density at radius 2 is 1.85 bits per heavy atom. The fourth-order valence-corrected chi connectivity index (χ4v) is 2.42. The number of rotatable bonds is 4. The van der Waals surface area contributed by atoms with Crippen LogP contribution in [-0.2, 0) is 20.7 Å². The quantitative estimate of drug-likeness (QED) is 0.623. The summed E-state index contributed by atoms with van der Waals surface area (Å²) < 4.78 is 5.23. The van der Waals surface area contributed by atoms with E-state index in [2.05, 4.69) is 21.2 Å². The van der Waals surface area contributed by atoms with Crippen molar-refractivity contribution in [2.45, 2.75) is 45.8 Å². The number of para-hydroxylation sites is 1. The zero-order chi connectivity index (χ0) is 19.3. The van der Waals surface area contributed by atoms with Crippen molar-refractivity contribution in [1.82, 2.24) is 21.2 Å². The van der Waals surface area contributed by atoms with E-state index in [1.165, 1.54) is 6.92 Å². The van der Waals surface area contributed by atoms with Gasteiger partial charge >= 0.3 is 6.09 Å². The standard InChI is InChI=1S/C18H24N4O4/c1-11(23)21-22-16(24)15(20-17(25)26-18(2,3)4)9-12-10-19-14-8-6-5-7-13(12)14/h5-8,10,15,19H,9H2,1-4H3,(H,20,25)(H,21,23)(H,22,24)/t15-/m0/s1. The Balaban J connectivity index is 2.17. The van der Waals surface area contributed by atoms with E-state index < -0.39 is 29.6 Å². The zero-order valence-electron chi connectivity index (χ0n) is 15.3. The van der Waals surface area contributed by atoms with Gasteiger partial charge in [-0.05, 0) is 32.4 Å². The third-order valence-corrected chi connectivity index (χ3v) is 3.47. The molecule has 0 spiro atoms. The second-order valence-corrected chi connectivity index (χ2v) is 6.93. The molecule has 2 aromatic rings. The molecule has 0 aliphatic carbocycles. The van der Waals surface area contributed by atoms with Crippen LogP contribution in [0, 0.1) is 0 Å². The summed E-state index contributed by atoms with van der Waals surface area (Å²) in [4.78, 5) is 38.7. The van der Waals surface area contributed by atoms with Crippen LogP contribution in [0.3, 0.4) is 0 Å². The molecule has 0 aliphatic heterocycles. The van der Waals surface area contributed by atoms with Crippen LogP contribution in [0.4, 0.5) is 4.79 Å². The monoisotopic (exact) mass is 360 g/mol. The highest BCUT2D eigenvalue weighted by molar-refractivity contribution is 5.89. The van der Waals surface area contributed by atoms with Gasteiger partial charge in [0.05, 0.1) is 0 Å². The third-order valence-electron chi connectivity index (χ3n) is 3.47. The number of H-pyrrole nitrogens is 1. The highest BCUT2D eigenvalue weighted by Gasteiger charge is 2.25. The smallest absolute Gasteiger partial charge is 0.408 e. The first-order chi connectivity index (χ1) is 12.2. The maximum absolute atomic E-state index is 12.4. The fourth-order valence-electron chi connectivity index (χ4n) is 2.42. The van der Waals surface area contributed by atoms with Gasteiger partial charge in [0, 0.05) is 30.4 Å². The largest absolute Gasteiger partial charge is 0.444 e. The van der Waals surface area contributed by atoms with Gasteiger partial charge in [0.25, 0.3) is 5.91 Å². The summed E-state index contributed by atoms with van der Waals surface area (Å²) in [7, 11) is 0. The molecule has 0 unspecified atom stereocenters. The van der Waals surface area contributed by atoms with Gasteiger partial charge < -0.3 is 15.0 Å². The van der Waals surface area contributed by atoms with E-state index in [1.54, 1.807) is 27.0 Å². The first kappa shape index (κ1) is 19.3. The molecule has 0 fully saturated rings. The predicted octanol–water partition coefficient (Wildman–Crippen LogP) is 1.77. The molecule has 0 radical (unpaired) electrons. The number of alkyl carbamates (subject to hydrolysis) is 1. The Kier molecular flexibility index (Phi) is 5.86. The molecule has 0 aliphatic rings. The molecule has 4 N–H and O–H groups in total. The van der Waals surface area contributed by atoms with E-state index in [0.717, 1.165) is 16.5 Å². The lowest BCUT2D eigenvalue weighted by atomic mass is 10.0. The minimum absolute atomic E-state index is 0.231. The van der Waals surface area contributed by atoms with Gasteiger partial charge in [0.1, 0.15) is 11.6 Å². The van der Waals surface area contributed by atoms with E-state index in [9.17, 15) is 14.4 Å². The van der Waals surface area contributed by atoms with Crippen LogP contribution in [0.1, 0.15) is 33.3 Å². The van der Waals surface area contributed by atoms with Crippen LogP contribution in [0.2, 0.25) is 0 Å². The molecule has 1 heterocycles. The second-order valence-electron chi connectivity index (χ2n) is 6.93. The van der Waals surface area contributed by atoms with Crippen LogP contribution in [-0.4, -0.2) is 34.5 Å². The lowest BCUT2D eigenvalue weighted by Gasteiger charge is -2.23. The summed E-state index contributed by atoms with van der Waals surface area (Å²) in [6.45, 7) is 6.48. The molecule has 8 nitrogen and oxygen atoms in total. The molecule has 26 heavy (non-hydrogen) atoms. The van der Waals surface area contributed by atoms with Crippen molar-refractivity contribution < 1.29 is 19.1 Å². The van der Waals surface area contributed by atoms with Gasteiger partial charge in [-0.1, -0.05) is 18.2 Å². The van der Waals surface area contributed by atoms with Gasteiger partial charge in [-0.3, -0.25) is 20.4 Å². The van der Waals surface area contributed by atoms with Gasteiger partial charge in [-0.15, -0.1) is 0 Å². The maximum Gasteiger partial charge on any atom is 0.408 e. The van der Waals surface area contributed by atoms with Crippen molar-refractivity contribution >= 4 is 28.8 Å². The van der Waals surface area contributed by atoms with Crippen molar-refractivity contribution in [1.29, 1.82) is 0 Å². The van der Waals surface area contributed by atoms with E-state index in [-0.39, 0.29) is 6.42 Å². The molecule has 1 aromatic carbocycles. The van der Waals surface area contributed by atoms with E-state index in [1.807, 2.05) is 24.3 Å². The molecule has 3 amide bonds. The molecule has 8 heteroatoms. The number of carbonyl (C=O) groups is 3. The van der Waals surface area contributed by atoms with Gasteiger partial charge in [-0.2, -0.15) is 0 Å². The molecule has 0 saturated heterocycles. The number of benzene rings is 1. The number of amides is 3. The average Bonchev–Trinajstić information content (AvgIpc) is 2.93. The van der Waals surface area contributed by atoms with Crippen LogP contribution in [0.25, 0.3) is 10.9 Å². The van der Waals surface area contributed by atoms with E-state index in [4.69, 9.17) is 4.74 Å². The van der Waals surface area contributed by atoms with Crippen LogP contribution < -0.4 is 16.2 Å². The van der Waals surface area contributed by atoms with Gasteiger partial charge in [0.15, 0.2) is 0 Å². The SMILES string of the molecule is CC(=O)NNC(=O)[C@H](Cc1c[nH]c2ccccc12)NC(=O)OC(C)(C)C. The van der Waals surface area contributed by atoms with Crippen molar-refractivity contribution in [3.63, 3.8) is 0 Å².